The van der Waals surface area contributed by atoms with Gasteiger partial charge in [0.05, 0.1) is 19.0 Å². The van der Waals surface area contributed by atoms with Gasteiger partial charge in [0, 0.05) is 27.4 Å². The molecule has 0 saturated heterocycles. The second-order valence-electron chi connectivity index (χ2n) is 9.31. The first-order valence-corrected chi connectivity index (χ1v) is 14.6. The molecule has 4 aromatic rings. The summed E-state index contributed by atoms with van der Waals surface area (Å²) in [6, 6.07) is 30.2. The first-order chi connectivity index (χ1) is 20.9. The Morgan fingerprint density at radius 2 is 1.44 bits per heavy atom. The van der Waals surface area contributed by atoms with Crippen molar-refractivity contribution in [3.05, 3.63) is 120 Å². The number of thioether (sulfide) groups is 1. The molecule has 0 bridgehead atoms. The molecule has 1 atom stereocenters. The van der Waals surface area contributed by atoms with Crippen LogP contribution >= 0.6 is 11.8 Å². The van der Waals surface area contributed by atoms with Crippen molar-refractivity contribution in [3.8, 4) is 11.5 Å². The molecular weight excluding hydrogens is 562 g/mol. The number of ether oxygens (including phenoxy) is 2. The molecule has 9 heteroatoms. The maximum Gasteiger partial charge on any atom is 0.272 e. The molecule has 3 N–H and O–H groups in total. The zero-order chi connectivity index (χ0) is 30.6. The third-order valence-corrected chi connectivity index (χ3v) is 7.31. The molecule has 220 valence electrons. The summed E-state index contributed by atoms with van der Waals surface area (Å²) in [6.45, 7) is 4.32. The zero-order valence-electron chi connectivity index (χ0n) is 24.1. The van der Waals surface area contributed by atoms with Gasteiger partial charge in [-0.15, -0.1) is 11.8 Å². The van der Waals surface area contributed by atoms with Crippen molar-refractivity contribution in [2.45, 2.75) is 24.0 Å². The van der Waals surface area contributed by atoms with E-state index in [0.717, 1.165) is 10.6 Å². The average Bonchev–Trinajstić information content (AvgIpc) is 3.03. The van der Waals surface area contributed by atoms with Gasteiger partial charge in [0.2, 0.25) is 5.91 Å². The predicted molar refractivity (Wildman–Crippen MR) is 172 cm³/mol. The predicted octanol–water partition coefficient (Wildman–Crippen LogP) is 6.62. The lowest BCUT2D eigenvalue weighted by Gasteiger charge is -2.14. The molecule has 3 amide bonds. The van der Waals surface area contributed by atoms with Crippen LogP contribution in [0.25, 0.3) is 6.08 Å². The van der Waals surface area contributed by atoms with E-state index in [9.17, 15) is 14.4 Å². The number of benzene rings is 4. The van der Waals surface area contributed by atoms with E-state index in [0.29, 0.717) is 34.9 Å². The van der Waals surface area contributed by atoms with Crippen molar-refractivity contribution in [1.82, 2.24) is 5.32 Å². The number of para-hydroxylation sites is 1. The van der Waals surface area contributed by atoms with Gasteiger partial charge in [0.15, 0.2) is 0 Å². The van der Waals surface area contributed by atoms with Gasteiger partial charge in [0.25, 0.3) is 11.8 Å². The summed E-state index contributed by atoms with van der Waals surface area (Å²) >= 11 is 1.40. The molecule has 8 nitrogen and oxygen atoms in total. The molecule has 0 aliphatic carbocycles. The summed E-state index contributed by atoms with van der Waals surface area (Å²) in [6.07, 6.45) is 1.57. The van der Waals surface area contributed by atoms with Gasteiger partial charge in [0.1, 0.15) is 17.2 Å². The van der Waals surface area contributed by atoms with Crippen molar-refractivity contribution in [2.24, 2.45) is 0 Å². The molecule has 0 aromatic heterocycles. The number of carbonyl (C=O) groups is 3. The lowest BCUT2D eigenvalue weighted by atomic mass is 10.1. The standard InChI is InChI=1S/C34H33N3O5S/c1-4-42-28-18-14-26(15-19-28)35-32(38)23(2)43-29-20-16-27(17-21-29)36-34(40)30(22-25-12-8-9-13-31(25)41-3)37-33(39)24-10-6-5-7-11-24/h5-23H,4H2,1-3H3,(H,35,38)(H,36,40)(H,37,39)/b30-22-. The quantitative estimate of drug-likeness (QED) is 0.126. The van der Waals surface area contributed by atoms with Crippen LogP contribution < -0.4 is 25.4 Å². The van der Waals surface area contributed by atoms with Gasteiger partial charge in [-0.1, -0.05) is 36.4 Å². The Kier molecular flexibility index (Phi) is 11.0. The summed E-state index contributed by atoms with van der Waals surface area (Å²) in [5.74, 6) is 0.256. The van der Waals surface area contributed by atoms with E-state index in [1.165, 1.54) is 11.8 Å². The maximum atomic E-state index is 13.4. The number of hydrogen-bond acceptors (Lipinski definition) is 6. The Labute approximate surface area is 255 Å². The molecule has 0 heterocycles. The number of carbonyl (C=O) groups excluding carboxylic acids is 3. The largest absolute Gasteiger partial charge is 0.496 e. The Bertz CT molecular complexity index is 1570. The van der Waals surface area contributed by atoms with E-state index >= 15 is 0 Å². The van der Waals surface area contributed by atoms with Gasteiger partial charge < -0.3 is 25.4 Å². The highest BCUT2D eigenvalue weighted by Gasteiger charge is 2.17. The minimum absolute atomic E-state index is 0.0522. The number of methoxy groups -OCH3 is 1. The van der Waals surface area contributed by atoms with Gasteiger partial charge in [-0.2, -0.15) is 0 Å². The molecule has 0 fully saturated rings. The van der Waals surface area contributed by atoms with E-state index in [2.05, 4.69) is 16.0 Å². The normalized spacial score (nSPS) is 11.7. The van der Waals surface area contributed by atoms with E-state index in [4.69, 9.17) is 9.47 Å². The van der Waals surface area contributed by atoms with Crippen LogP contribution in [0, 0.1) is 0 Å². The van der Waals surface area contributed by atoms with Crippen LogP contribution in [0.5, 0.6) is 11.5 Å². The number of nitrogens with one attached hydrogen (secondary N) is 3. The van der Waals surface area contributed by atoms with Gasteiger partial charge in [-0.25, -0.2) is 0 Å². The summed E-state index contributed by atoms with van der Waals surface area (Å²) in [5, 5.41) is 8.13. The molecule has 43 heavy (non-hydrogen) atoms. The smallest absolute Gasteiger partial charge is 0.272 e. The van der Waals surface area contributed by atoms with Gasteiger partial charge in [-0.05, 0) is 86.7 Å². The number of anilines is 2. The molecule has 0 aliphatic rings. The van der Waals surface area contributed by atoms with Crippen molar-refractivity contribution in [3.63, 3.8) is 0 Å². The lowest BCUT2D eigenvalue weighted by molar-refractivity contribution is -0.115. The molecule has 0 radical (unpaired) electrons. The fourth-order valence-corrected chi connectivity index (χ4v) is 4.87. The van der Waals surface area contributed by atoms with E-state index < -0.39 is 11.8 Å². The fraction of sp³-hybridized carbons (Fsp3) is 0.147. The van der Waals surface area contributed by atoms with Crippen LogP contribution in [-0.2, 0) is 9.59 Å². The molecule has 4 rings (SSSR count). The fourth-order valence-electron chi connectivity index (χ4n) is 4.00. The lowest BCUT2D eigenvalue weighted by Crippen LogP contribution is -2.30. The Hall–Kier alpha value is -5.02. The highest BCUT2D eigenvalue weighted by atomic mass is 32.2. The monoisotopic (exact) mass is 595 g/mol. The molecule has 4 aromatic carbocycles. The first kappa shape index (κ1) is 30.9. The van der Waals surface area contributed by atoms with Crippen LogP contribution in [0.4, 0.5) is 11.4 Å². The zero-order valence-corrected chi connectivity index (χ0v) is 24.9. The number of amides is 3. The van der Waals surface area contributed by atoms with E-state index in [1.807, 2.05) is 56.3 Å². The summed E-state index contributed by atoms with van der Waals surface area (Å²) in [7, 11) is 1.54. The minimum Gasteiger partial charge on any atom is -0.496 e. The Balaban J connectivity index is 1.42. The molecule has 0 saturated carbocycles. The van der Waals surface area contributed by atoms with Crippen LogP contribution in [0.15, 0.2) is 114 Å². The van der Waals surface area contributed by atoms with Gasteiger partial charge >= 0.3 is 0 Å². The van der Waals surface area contributed by atoms with Crippen molar-refractivity contribution in [1.29, 1.82) is 0 Å². The molecular formula is C34H33N3O5S. The summed E-state index contributed by atoms with van der Waals surface area (Å²) in [5.41, 5.74) is 2.32. The van der Waals surface area contributed by atoms with Crippen LogP contribution in [0.2, 0.25) is 0 Å². The van der Waals surface area contributed by atoms with Crippen LogP contribution in [0.3, 0.4) is 0 Å². The Morgan fingerprint density at radius 3 is 2.12 bits per heavy atom. The van der Waals surface area contributed by atoms with Crippen molar-refractivity contribution >= 4 is 46.9 Å². The second-order valence-corrected chi connectivity index (χ2v) is 10.7. The Morgan fingerprint density at radius 1 is 0.814 bits per heavy atom. The first-order valence-electron chi connectivity index (χ1n) is 13.7. The second kappa shape index (κ2) is 15.3. The van der Waals surface area contributed by atoms with E-state index in [1.54, 1.807) is 73.8 Å². The van der Waals surface area contributed by atoms with Crippen molar-refractivity contribution < 1.29 is 23.9 Å². The molecule has 1 unspecified atom stereocenters. The third kappa shape index (κ3) is 8.98. The van der Waals surface area contributed by atoms with E-state index in [-0.39, 0.29) is 16.9 Å². The van der Waals surface area contributed by atoms with Gasteiger partial charge in [-0.3, -0.25) is 14.4 Å². The molecule has 0 spiro atoms. The number of rotatable bonds is 12. The minimum atomic E-state index is -0.501. The average molecular weight is 596 g/mol. The highest BCUT2D eigenvalue weighted by Crippen LogP contribution is 2.27. The van der Waals surface area contributed by atoms with Crippen LogP contribution in [0.1, 0.15) is 29.8 Å². The topological polar surface area (TPSA) is 106 Å². The number of hydrogen-bond donors (Lipinski definition) is 3. The SMILES string of the molecule is CCOc1ccc(NC(=O)C(C)Sc2ccc(NC(=O)/C(=C/c3ccccc3OC)NC(=O)c3ccccc3)cc2)cc1. The van der Waals surface area contributed by atoms with Crippen LogP contribution in [-0.4, -0.2) is 36.7 Å². The molecule has 0 aliphatic heterocycles. The van der Waals surface area contributed by atoms with Crippen molar-refractivity contribution in [2.75, 3.05) is 24.4 Å². The summed E-state index contributed by atoms with van der Waals surface area (Å²) in [4.78, 5) is 39.9. The maximum absolute atomic E-state index is 13.4. The summed E-state index contributed by atoms with van der Waals surface area (Å²) < 4.78 is 10.9. The third-order valence-electron chi connectivity index (χ3n) is 6.19. The highest BCUT2D eigenvalue weighted by molar-refractivity contribution is 8.00.